The normalized spacial score (nSPS) is 17.2. The molecule has 1 atom stereocenters. The molecule has 2 heteroatoms. The molecule has 20 heavy (non-hydrogen) atoms. The third-order valence-electron chi connectivity index (χ3n) is 4.18. The molecule has 1 aliphatic carbocycles. The molecule has 2 aromatic carbocycles. The van der Waals surface area contributed by atoms with Gasteiger partial charge < -0.3 is 0 Å². The number of hydrogen-bond acceptors (Lipinski definition) is 0. The predicted molar refractivity (Wildman–Crippen MR) is 77.8 cm³/mol. The zero-order valence-electron chi connectivity index (χ0n) is 11.6. The lowest BCUT2D eigenvalue weighted by atomic mass is 9.94. The van der Waals surface area contributed by atoms with E-state index in [9.17, 15) is 8.78 Å². The topological polar surface area (TPSA) is 0 Å². The van der Waals surface area contributed by atoms with Crippen LogP contribution in [-0.4, -0.2) is 0 Å². The third kappa shape index (κ3) is 2.47. The summed E-state index contributed by atoms with van der Waals surface area (Å²) in [5.41, 5.74) is 4.28. The van der Waals surface area contributed by atoms with Crippen LogP contribution in [-0.2, 0) is 6.42 Å². The van der Waals surface area contributed by atoms with E-state index in [0.717, 1.165) is 18.1 Å². The summed E-state index contributed by atoms with van der Waals surface area (Å²) in [6.45, 7) is 2.21. The van der Waals surface area contributed by atoms with E-state index in [0.29, 0.717) is 11.5 Å². The summed E-state index contributed by atoms with van der Waals surface area (Å²) >= 11 is 0. The van der Waals surface area contributed by atoms with Crippen LogP contribution in [0.3, 0.4) is 0 Å². The highest BCUT2D eigenvalue weighted by Gasteiger charge is 2.21. The van der Waals surface area contributed by atoms with Crippen molar-refractivity contribution in [3.05, 3.63) is 59.2 Å². The van der Waals surface area contributed by atoms with Crippen LogP contribution in [0.5, 0.6) is 0 Å². The first kappa shape index (κ1) is 13.3. The molecule has 0 nitrogen and oxygen atoms in total. The Balaban J connectivity index is 1.97. The van der Waals surface area contributed by atoms with Gasteiger partial charge in [-0.25, -0.2) is 8.78 Å². The van der Waals surface area contributed by atoms with Crippen LogP contribution >= 0.6 is 0 Å². The van der Waals surface area contributed by atoms with Gasteiger partial charge in [-0.15, -0.1) is 0 Å². The molecule has 0 N–H and O–H groups in total. The highest BCUT2D eigenvalue weighted by molar-refractivity contribution is 5.65. The average molecular weight is 272 g/mol. The van der Waals surface area contributed by atoms with Gasteiger partial charge >= 0.3 is 0 Å². The van der Waals surface area contributed by atoms with Crippen molar-refractivity contribution in [2.45, 2.75) is 38.5 Å². The molecule has 2 aromatic rings. The lowest BCUT2D eigenvalue weighted by molar-refractivity contribution is 0.584. The van der Waals surface area contributed by atoms with Gasteiger partial charge in [0, 0.05) is 6.07 Å². The van der Waals surface area contributed by atoms with Gasteiger partial charge in [-0.3, -0.25) is 0 Å². The Labute approximate surface area is 118 Å². The van der Waals surface area contributed by atoms with Crippen molar-refractivity contribution in [3.8, 4) is 11.1 Å². The molecule has 1 unspecified atom stereocenters. The highest BCUT2D eigenvalue weighted by Crippen LogP contribution is 2.38. The smallest absolute Gasteiger partial charge is 0.126 e. The van der Waals surface area contributed by atoms with Crippen molar-refractivity contribution >= 4 is 0 Å². The molecule has 0 amide bonds. The standard InChI is InChI=1S/C18H18F2/c1-2-3-12-4-5-14-8-13(6-7-18(12)14)15-9-16(19)11-17(20)10-15/h6-12H,2-5H2,1H3. The maximum absolute atomic E-state index is 13.3. The summed E-state index contributed by atoms with van der Waals surface area (Å²) in [6, 6.07) is 9.92. The van der Waals surface area contributed by atoms with Gasteiger partial charge in [0.05, 0.1) is 0 Å². The Hall–Kier alpha value is -1.70. The number of halogens is 2. The van der Waals surface area contributed by atoms with Gasteiger partial charge in [-0.1, -0.05) is 31.5 Å². The number of hydrogen-bond donors (Lipinski definition) is 0. The fourth-order valence-electron chi connectivity index (χ4n) is 3.25. The van der Waals surface area contributed by atoms with Crippen LogP contribution in [0.2, 0.25) is 0 Å². The molecule has 0 bridgehead atoms. The molecule has 0 spiro atoms. The fraction of sp³-hybridized carbons (Fsp3) is 0.333. The molecule has 0 saturated carbocycles. The van der Waals surface area contributed by atoms with E-state index < -0.39 is 11.6 Å². The number of benzene rings is 2. The first-order valence-electron chi connectivity index (χ1n) is 7.26. The summed E-state index contributed by atoms with van der Waals surface area (Å²) in [7, 11) is 0. The number of aryl methyl sites for hydroxylation is 1. The van der Waals surface area contributed by atoms with Crippen LogP contribution in [0.1, 0.15) is 43.2 Å². The molecule has 104 valence electrons. The van der Waals surface area contributed by atoms with Crippen LogP contribution in [0.15, 0.2) is 36.4 Å². The van der Waals surface area contributed by atoms with Gasteiger partial charge in [0.15, 0.2) is 0 Å². The summed E-state index contributed by atoms with van der Waals surface area (Å²) in [5.74, 6) is -0.387. The van der Waals surface area contributed by atoms with Gasteiger partial charge in [0.1, 0.15) is 11.6 Å². The summed E-state index contributed by atoms with van der Waals surface area (Å²) in [5, 5.41) is 0. The first-order chi connectivity index (χ1) is 9.67. The van der Waals surface area contributed by atoms with E-state index in [1.165, 1.54) is 42.5 Å². The molecule has 0 aliphatic heterocycles. The Morgan fingerprint density at radius 3 is 2.45 bits per heavy atom. The van der Waals surface area contributed by atoms with Gasteiger partial charge in [0.25, 0.3) is 0 Å². The predicted octanol–water partition coefficient (Wildman–Crippen LogP) is 5.46. The Kier molecular flexibility index (Phi) is 3.56. The average Bonchev–Trinajstić information content (AvgIpc) is 2.81. The van der Waals surface area contributed by atoms with E-state index in [1.807, 2.05) is 6.07 Å². The largest absolute Gasteiger partial charge is 0.207 e. The van der Waals surface area contributed by atoms with E-state index in [1.54, 1.807) is 0 Å². The minimum atomic E-state index is -0.524. The Bertz CT molecular complexity index is 611. The summed E-state index contributed by atoms with van der Waals surface area (Å²) in [4.78, 5) is 0. The lowest BCUT2D eigenvalue weighted by Gasteiger charge is -2.11. The Morgan fingerprint density at radius 2 is 1.75 bits per heavy atom. The van der Waals surface area contributed by atoms with Gasteiger partial charge in [-0.05, 0) is 59.6 Å². The molecular formula is C18H18F2. The van der Waals surface area contributed by atoms with Gasteiger partial charge in [0.2, 0.25) is 0 Å². The van der Waals surface area contributed by atoms with Crippen molar-refractivity contribution in [3.63, 3.8) is 0 Å². The van der Waals surface area contributed by atoms with E-state index in [4.69, 9.17) is 0 Å². The molecule has 0 heterocycles. The quantitative estimate of drug-likeness (QED) is 0.695. The molecule has 0 fully saturated rings. The first-order valence-corrected chi connectivity index (χ1v) is 7.26. The molecule has 0 aromatic heterocycles. The minimum absolute atomic E-state index is 0.524. The molecular weight excluding hydrogens is 254 g/mol. The second-order valence-corrected chi connectivity index (χ2v) is 5.60. The molecule has 3 rings (SSSR count). The maximum Gasteiger partial charge on any atom is 0.126 e. The van der Waals surface area contributed by atoms with Crippen molar-refractivity contribution < 1.29 is 8.78 Å². The molecule has 1 aliphatic rings. The third-order valence-corrected chi connectivity index (χ3v) is 4.18. The van der Waals surface area contributed by atoms with Crippen molar-refractivity contribution in [1.82, 2.24) is 0 Å². The minimum Gasteiger partial charge on any atom is -0.207 e. The number of rotatable bonds is 3. The van der Waals surface area contributed by atoms with Crippen molar-refractivity contribution in [2.75, 3.05) is 0 Å². The van der Waals surface area contributed by atoms with Crippen LogP contribution in [0.4, 0.5) is 8.78 Å². The lowest BCUT2D eigenvalue weighted by Crippen LogP contribution is -1.92. The zero-order valence-corrected chi connectivity index (χ0v) is 11.6. The number of fused-ring (bicyclic) bond motifs is 1. The zero-order chi connectivity index (χ0) is 14.1. The SMILES string of the molecule is CCCC1CCc2cc(-c3cc(F)cc(F)c3)ccc21. The molecule has 0 radical (unpaired) electrons. The molecule has 0 saturated heterocycles. The fourth-order valence-corrected chi connectivity index (χ4v) is 3.25. The van der Waals surface area contributed by atoms with Crippen molar-refractivity contribution in [1.29, 1.82) is 0 Å². The maximum atomic E-state index is 13.3. The summed E-state index contributed by atoms with van der Waals surface area (Å²) in [6.07, 6.45) is 4.69. The van der Waals surface area contributed by atoms with E-state index in [-0.39, 0.29) is 0 Å². The second kappa shape index (κ2) is 5.35. The summed E-state index contributed by atoms with van der Waals surface area (Å²) < 4.78 is 26.6. The van der Waals surface area contributed by atoms with Crippen LogP contribution < -0.4 is 0 Å². The monoisotopic (exact) mass is 272 g/mol. The second-order valence-electron chi connectivity index (χ2n) is 5.60. The van der Waals surface area contributed by atoms with E-state index >= 15 is 0 Å². The van der Waals surface area contributed by atoms with E-state index in [2.05, 4.69) is 19.1 Å². The van der Waals surface area contributed by atoms with Crippen LogP contribution in [0.25, 0.3) is 11.1 Å². The van der Waals surface area contributed by atoms with Gasteiger partial charge in [-0.2, -0.15) is 0 Å². The van der Waals surface area contributed by atoms with Crippen molar-refractivity contribution in [2.24, 2.45) is 0 Å². The highest BCUT2D eigenvalue weighted by atomic mass is 19.1. The van der Waals surface area contributed by atoms with Crippen LogP contribution in [0, 0.1) is 11.6 Å². The Morgan fingerprint density at radius 1 is 1.00 bits per heavy atom.